The van der Waals surface area contributed by atoms with E-state index in [2.05, 4.69) is 15.3 Å². The molecule has 0 spiro atoms. The Bertz CT molecular complexity index is 546. The number of aromatic nitrogens is 4. The van der Waals surface area contributed by atoms with Crippen molar-refractivity contribution in [3.05, 3.63) is 18.0 Å². The highest BCUT2D eigenvalue weighted by atomic mass is 32.2. The Morgan fingerprint density at radius 3 is 2.61 bits per heavy atom. The average Bonchev–Trinajstić information content (AvgIpc) is 2.71. The molecule has 2 aromatic heterocycles. The lowest BCUT2D eigenvalue weighted by molar-refractivity contribution is 0.137. The maximum absolute atomic E-state index is 12.6. The molecule has 18 heavy (non-hydrogen) atoms. The minimum Gasteiger partial charge on any atom is -0.392 e. The summed E-state index contributed by atoms with van der Waals surface area (Å²) in [5, 5.41) is 20.9. The predicted molar refractivity (Wildman–Crippen MR) is 62.7 cm³/mol. The van der Waals surface area contributed by atoms with Crippen LogP contribution < -0.4 is 0 Å². The van der Waals surface area contributed by atoms with Crippen LogP contribution in [0.2, 0.25) is 0 Å². The summed E-state index contributed by atoms with van der Waals surface area (Å²) in [5.74, 6) is -0.475. The zero-order valence-electron chi connectivity index (χ0n) is 9.79. The van der Waals surface area contributed by atoms with Gasteiger partial charge in [-0.1, -0.05) is 18.7 Å². The Morgan fingerprint density at radius 2 is 2.00 bits per heavy atom. The second-order valence-corrected chi connectivity index (χ2v) is 5.26. The van der Waals surface area contributed by atoms with Crippen molar-refractivity contribution in [2.75, 3.05) is 0 Å². The summed E-state index contributed by atoms with van der Waals surface area (Å²) < 4.78 is 26.3. The van der Waals surface area contributed by atoms with Gasteiger partial charge in [-0.15, -0.1) is 10.2 Å². The van der Waals surface area contributed by atoms with Crippen LogP contribution >= 0.6 is 11.8 Å². The first-order valence-corrected chi connectivity index (χ1v) is 6.22. The van der Waals surface area contributed by atoms with E-state index in [0.717, 1.165) is 4.52 Å². The molecule has 0 aromatic carbocycles. The molecule has 2 heterocycles. The number of aliphatic hydroxyl groups excluding tert-OH is 1. The highest BCUT2D eigenvalue weighted by Gasteiger charge is 2.18. The van der Waals surface area contributed by atoms with Crippen molar-refractivity contribution >= 4 is 17.4 Å². The lowest BCUT2D eigenvalue weighted by Crippen LogP contribution is -2.15. The van der Waals surface area contributed by atoms with Gasteiger partial charge in [0.2, 0.25) is 5.82 Å². The zero-order valence-corrected chi connectivity index (χ0v) is 10.6. The molecule has 0 aliphatic carbocycles. The number of hydrogen-bond acceptors (Lipinski definition) is 5. The van der Waals surface area contributed by atoms with E-state index in [-0.39, 0.29) is 10.9 Å². The van der Waals surface area contributed by atoms with Gasteiger partial charge in [0.25, 0.3) is 6.43 Å². The van der Waals surface area contributed by atoms with Gasteiger partial charge in [0.05, 0.1) is 6.10 Å². The molecule has 0 amide bonds. The molecule has 8 heteroatoms. The van der Waals surface area contributed by atoms with Crippen molar-refractivity contribution < 1.29 is 13.9 Å². The molecule has 2 rings (SSSR count). The molecule has 2 atom stereocenters. The highest BCUT2D eigenvalue weighted by Crippen LogP contribution is 2.24. The maximum atomic E-state index is 12.6. The molecule has 98 valence electrons. The number of nitrogens with zero attached hydrogens (tertiary/aromatic N) is 4. The topological polar surface area (TPSA) is 63.3 Å². The molecule has 2 unspecified atom stereocenters. The number of fused-ring (bicyclic) bond motifs is 1. The molecule has 0 aliphatic rings. The molecule has 0 fully saturated rings. The molecule has 1 N–H and O–H groups in total. The van der Waals surface area contributed by atoms with E-state index in [4.69, 9.17) is 0 Å². The fourth-order valence-corrected chi connectivity index (χ4v) is 2.13. The van der Waals surface area contributed by atoms with E-state index in [1.165, 1.54) is 11.8 Å². The first kappa shape index (κ1) is 13.2. The largest absolute Gasteiger partial charge is 0.392 e. The lowest BCUT2D eigenvalue weighted by Gasteiger charge is -2.13. The van der Waals surface area contributed by atoms with Crippen LogP contribution in [0.15, 0.2) is 17.2 Å². The summed E-state index contributed by atoms with van der Waals surface area (Å²) in [6.07, 6.45) is -3.23. The van der Waals surface area contributed by atoms with Crippen molar-refractivity contribution in [3.8, 4) is 0 Å². The summed E-state index contributed by atoms with van der Waals surface area (Å²) in [6, 6.07) is 3.24. The third-order valence-electron chi connectivity index (χ3n) is 2.44. The van der Waals surface area contributed by atoms with Crippen molar-refractivity contribution in [1.29, 1.82) is 0 Å². The fourth-order valence-electron chi connectivity index (χ4n) is 1.28. The molecular formula is C10H12F2N4OS. The quantitative estimate of drug-likeness (QED) is 0.863. The van der Waals surface area contributed by atoms with Crippen LogP contribution in [0.25, 0.3) is 5.65 Å². The molecule has 0 bridgehead atoms. The van der Waals surface area contributed by atoms with E-state index in [0.29, 0.717) is 5.03 Å². The van der Waals surface area contributed by atoms with Gasteiger partial charge in [0, 0.05) is 5.25 Å². The third-order valence-corrected chi connectivity index (χ3v) is 3.67. The Hall–Kier alpha value is -1.28. The van der Waals surface area contributed by atoms with Gasteiger partial charge in [0.15, 0.2) is 5.65 Å². The van der Waals surface area contributed by atoms with Crippen LogP contribution in [0.5, 0.6) is 0 Å². The summed E-state index contributed by atoms with van der Waals surface area (Å²) in [6.45, 7) is 3.50. The van der Waals surface area contributed by atoms with Gasteiger partial charge in [-0.2, -0.15) is 9.61 Å². The standard InChI is InChI=1S/C10H12F2N4OS/c1-5(17)6(2)18-8-4-3-7-13-14-10(9(11)12)16(7)15-8/h3-6,9,17H,1-2H3. The molecule has 0 saturated carbocycles. The fraction of sp³-hybridized carbons (Fsp3) is 0.500. The second kappa shape index (κ2) is 5.15. The van der Waals surface area contributed by atoms with E-state index < -0.39 is 18.4 Å². The normalized spacial score (nSPS) is 15.2. The van der Waals surface area contributed by atoms with Crippen LogP contribution in [0.4, 0.5) is 8.78 Å². The first-order chi connectivity index (χ1) is 8.49. The van der Waals surface area contributed by atoms with Crippen LogP contribution in [0.3, 0.4) is 0 Å². The molecule has 5 nitrogen and oxygen atoms in total. The van der Waals surface area contributed by atoms with Crippen LogP contribution in [-0.4, -0.2) is 36.3 Å². The highest BCUT2D eigenvalue weighted by molar-refractivity contribution is 7.99. The maximum Gasteiger partial charge on any atom is 0.299 e. The van der Waals surface area contributed by atoms with Gasteiger partial charge in [0.1, 0.15) is 5.03 Å². The van der Waals surface area contributed by atoms with E-state index in [9.17, 15) is 13.9 Å². The molecule has 0 saturated heterocycles. The van der Waals surface area contributed by atoms with Crippen LogP contribution in [0.1, 0.15) is 26.1 Å². The Kier molecular flexibility index (Phi) is 3.76. The monoisotopic (exact) mass is 274 g/mol. The van der Waals surface area contributed by atoms with Gasteiger partial charge >= 0.3 is 0 Å². The van der Waals surface area contributed by atoms with E-state index in [1.807, 2.05) is 6.92 Å². The van der Waals surface area contributed by atoms with Gasteiger partial charge < -0.3 is 5.11 Å². The summed E-state index contributed by atoms with van der Waals surface area (Å²) in [7, 11) is 0. The SMILES string of the molecule is CC(O)C(C)Sc1ccc2nnc(C(F)F)n2n1. The second-order valence-electron chi connectivity index (χ2n) is 3.86. The van der Waals surface area contributed by atoms with E-state index >= 15 is 0 Å². The predicted octanol–water partition coefficient (Wildman–Crippen LogP) is 1.92. The third kappa shape index (κ3) is 2.59. The first-order valence-electron chi connectivity index (χ1n) is 5.34. The smallest absolute Gasteiger partial charge is 0.299 e. The van der Waals surface area contributed by atoms with Crippen molar-refractivity contribution in [2.45, 2.75) is 36.7 Å². The number of alkyl halides is 2. The van der Waals surface area contributed by atoms with Crippen molar-refractivity contribution in [2.24, 2.45) is 0 Å². The summed E-state index contributed by atoms with van der Waals surface area (Å²) in [4.78, 5) is 0. The van der Waals surface area contributed by atoms with Crippen molar-refractivity contribution in [1.82, 2.24) is 19.8 Å². The number of hydrogen-bond donors (Lipinski definition) is 1. The van der Waals surface area contributed by atoms with Crippen LogP contribution in [-0.2, 0) is 0 Å². The van der Waals surface area contributed by atoms with Crippen LogP contribution in [0, 0.1) is 0 Å². The number of halogens is 2. The van der Waals surface area contributed by atoms with E-state index in [1.54, 1.807) is 19.1 Å². The molecule has 2 aromatic rings. The Labute approximate surface area is 106 Å². The zero-order chi connectivity index (χ0) is 13.3. The minimum atomic E-state index is -2.72. The number of aliphatic hydroxyl groups is 1. The molecular weight excluding hydrogens is 262 g/mol. The summed E-state index contributed by atoms with van der Waals surface area (Å²) in [5.41, 5.74) is 0.277. The van der Waals surface area contributed by atoms with Gasteiger partial charge in [-0.05, 0) is 19.1 Å². The van der Waals surface area contributed by atoms with Gasteiger partial charge in [-0.25, -0.2) is 8.78 Å². The molecule has 0 radical (unpaired) electrons. The molecule has 0 aliphatic heterocycles. The number of rotatable bonds is 4. The number of thioether (sulfide) groups is 1. The summed E-state index contributed by atoms with van der Waals surface area (Å²) >= 11 is 1.31. The van der Waals surface area contributed by atoms with Crippen molar-refractivity contribution in [3.63, 3.8) is 0 Å². The Balaban J connectivity index is 2.33. The minimum absolute atomic E-state index is 0.0820. The lowest BCUT2D eigenvalue weighted by atomic mass is 10.3. The van der Waals surface area contributed by atoms with Gasteiger partial charge in [-0.3, -0.25) is 0 Å². The average molecular weight is 274 g/mol. The Morgan fingerprint density at radius 1 is 1.28 bits per heavy atom.